The number of rotatable bonds is 8. The molecule has 0 amide bonds. The van der Waals surface area contributed by atoms with Crippen molar-refractivity contribution in [1.82, 2.24) is 18.9 Å². The molecule has 1 aromatic heterocycles. The predicted octanol–water partition coefficient (Wildman–Crippen LogP) is -1.45. The van der Waals surface area contributed by atoms with Gasteiger partial charge in [-0.05, 0) is 12.1 Å². The van der Waals surface area contributed by atoms with Crippen LogP contribution in [0.2, 0.25) is 0 Å². The van der Waals surface area contributed by atoms with Gasteiger partial charge >= 0.3 is 5.69 Å². The maximum atomic E-state index is 13.3. The Morgan fingerprint density at radius 3 is 1.81 bits per heavy atom. The first-order valence-corrected chi connectivity index (χ1v) is 11.2. The summed E-state index contributed by atoms with van der Waals surface area (Å²) in [6, 6.07) is 6.90. The molecule has 4 rings (SSSR count). The van der Waals surface area contributed by atoms with Crippen LogP contribution in [0.3, 0.4) is 0 Å². The van der Waals surface area contributed by atoms with E-state index in [1.165, 1.54) is 4.57 Å². The number of aliphatic hydroxyl groups excluding tert-OH is 2. The van der Waals surface area contributed by atoms with Gasteiger partial charge in [-0.2, -0.15) is 0 Å². The molecular weight excluding hydrogens is 416 g/mol. The standard InChI is InChI=1S/C22H32N4O6/c27-17(13-23-5-9-31-10-6-23)15-25-20-4-2-1-3-19(20)21(29)26(22(25)30)16-18(28)14-24-7-11-32-12-8-24/h1-4,17-18,27-28H,5-16H2/t17-,18+/m1/s1. The maximum absolute atomic E-state index is 13.3. The second-order valence-corrected chi connectivity index (χ2v) is 8.46. The minimum absolute atomic E-state index is 0.0660. The molecule has 0 aliphatic carbocycles. The molecule has 176 valence electrons. The second kappa shape index (κ2) is 10.7. The number of benzene rings is 1. The highest BCUT2D eigenvalue weighted by Crippen LogP contribution is 2.10. The number of morpholine rings is 2. The number of nitrogens with zero attached hydrogens (tertiary/aromatic N) is 4. The summed E-state index contributed by atoms with van der Waals surface area (Å²) in [6.07, 6.45) is -1.65. The minimum Gasteiger partial charge on any atom is -0.390 e. The molecule has 2 aliphatic heterocycles. The third-order valence-electron chi connectivity index (χ3n) is 6.06. The van der Waals surface area contributed by atoms with Gasteiger partial charge in [-0.3, -0.25) is 23.7 Å². The number of aromatic nitrogens is 2. The summed E-state index contributed by atoms with van der Waals surface area (Å²) in [5.74, 6) is 0. The largest absolute Gasteiger partial charge is 0.390 e. The predicted molar refractivity (Wildman–Crippen MR) is 119 cm³/mol. The van der Waals surface area contributed by atoms with E-state index in [-0.39, 0.29) is 13.1 Å². The van der Waals surface area contributed by atoms with Crippen LogP contribution in [0.15, 0.2) is 33.9 Å². The summed E-state index contributed by atoms with van der Waals surface area (Å²) >= 11 is 0. The Morgan fingerprint density at radius 2 is 1.25 bits per heavy atom. The van der Waals surface area contributed by atoms with Crippen molar-refractivity contribution in [3.05, 3.63) is 45.1 Å². The monoisotopic (exact) mass is 448 g/mol. The van der Waals surface area contributed by atoms with E-state index in [0.29, 0.717) is 63.5 Å². The van der Waals surface area contributed by atoms with Crippen molar-refractivity contribution in [1.29, 1.82) is 0 Å². The molecule has 2 saturated heterocycles. The molecule has 1 aromatic carbocycles. The Balaban J connectivity index is 1.57. The highest BCUT2D eigenvalue weighted by Gasteiger charge is 2.21. The summed E-state index contributed by atoms with van der Waals surface area (Å²) in [7, 11) is 0. The molecule has 2 fully saturated rings. The topological polar surface area (TPSA) is 109 Å². The van der Waals surface area contributed by atoms with Crippen LogP contribution in [0.5, 0.6) is 0 Å². The van der Waals surface area contributed by atoms with E-state index < -0.39 is 23.5 Å². The van der Waals surface area contributed by atoms with Crippen LogP contribution in [-0.2, 0) is 22.6 Å². The number of β-amino-alcohol motifs (C(OH)–C–C–N with tert-alkyl or cyclic N) is 2. The molecule has 32 heavy (non-hydrogen) atoms. The van der Waals surface area contributed by atoms with Crippen LogP contribution in [-0.4, -0.2) is 107 Å². The van der Waals surface area contributed by atoms with E-state index in [2.05, 4.69) is 9.80 Å². The summed E-state index contributed by atoms with van der Waals surface area (Å²) in [5, 5.41) is 21.7. The number of fused-ring (bicyclic) bond motifs is 1. The van der Waals surface area contributed by atoms with Crippen molar-refractivity contribution in [3.63, 3.8) is 0 Å². The van der Waals surface area contributed by atoms with Crippen LogP contribution < -0.4 is 11.2 Å². The Morgan fingerprint density at radius 1 is 0.750 bits per heavy atom. The Bertz CT molecular complexity index is 1010. The van der Waals surface area contributed by atoms with E-state index in [1.54, 1.807) is 24.3 Å². The normalized spacial score (nSPS) is 20.4. The third-order valence-corrected chi connectivity index (χ3v) is 6.06. The number of ether oxygens (including phenoxy) is 2. The molecule has 0 saturated carbocycles. The minimum atomic E-state index is -0.869. The highest BCUT2D eigenvalue weighted by molar-refractivity contribution is 5.77. The van der Waals surface area contributed by atoms with Crippen LogP contribution in [0, 0.1) is 0 Å². The van der Waals surface area contributed by atoms with Gasteiger partial charge in [-0.25, -0.2) is 4.79 Å². The fourth-order valence-corrected chi connectivity index (χ4v) is 4.41. The zero-order chi connectivity index (χ0) is 22.5. The zero-order valence-electron chi connectivity index (χ0n) is 18.3. The quantitative estimate of drug-likeness (QED) is 0.505. The lowest BCUT2D eigenvalue weighted by Gasteiger charge is -2.29. The summed E-state index contributed by atoms with van der Waals surface area (Å²) in [6.45, 7) is 6.11. The fraction of sp³-hybridized carbons (Fsp3) is 0.636. The summed E-state index contributed by atoms with van der Waals surface area (Å²) in [4.78, 5) is 30.5. The van der Waals surface area contributed by atoms with Crippen molar-refractivity contribution in [2.24, 2.45) is 0 Å². The Labute approximate surface area is 186 Å². The smallest absolute Gasteiger partial charge is 0.331 e. The zero-order valence-corrected chi connectivity index (χ0v) is 18.3. The van der Waals surface area contributed by atoms with Gasteiger partial charge in [0.2, 0.25) is 0 Å². The molecular formula is C22H32N4O6. The number of aliphatic hydroxyl groups is 2. The van der Waals surface area contributed by atoms with E-state index in [1.807, 2.05) is 0 Å². The van der Waals surface area contributed by atoms with Gasteiger partial charge in [-0.15, -0.1) is 0 Å². The van der Waals surface area contributed by atoms with Crippen LogP contribution in [0.4, 0.5) is 0 Å². The van der Waals surface area contributed by atoms with Crippen molar-refractivity contribution < 1.29 is 19.7 Å². The molecule has 3 heterocycles. The molecule has 0 spiro atoms. The lowest BCUT2D eigenvalue weighted by Crippen LogP contribution is -2.48. The molecule has 2 N–H and O–H groups in total. The maximum Gasteiger partial charge on any atom is 0.331 e. The van der Waals surface area contributed by atoms with Gasteiger partial charge in [0.1, 0.15) is 0 Å². The van der Waals surface area contributed by atoms with Gasteiger partial charge in [0.25, 0.3) is 5.56 Å². The highest BCUT2D eigenvalue weighted by atomic mass is 16.5. The first-order chi connectivity index (χ1) is 15.5. The van der Waals surface area contributed by atoms with E-state index in [9.17, 15) is 19.8 Å². The SMILES string of the molecule is O=c1c2ccccc2n(C[C@H](O)CN2CCOCC2)c(=O)n1C[C@@H](O)CN1CCOCC1. The van der Waals surface area contributed by atoms with Gasteiger partial charge in [0.15, 0.2) is 0 Å². The lowest BCUT2D eigenvalue weighted by molar-refractivity contribution is 0.0101. The molecule has 2 atom stereocenters. The van der Waals surface area contributed by atoms with Gasteiger partial charge in [0.05, 0.1) is 62.6 Å². The van der Waals surface area contributed by atoms with E-state index in [0.717, 1.165) is 17.7 Å². The van der Waals surface area contributed by atoms with E-state index in [4.69, 9.17) is 9.47 Å². The molecule has 2 aromatic rings. The average Bonchev–Trinajstić information content (AvgIpc) is 2.81. The number of hydrogen-bond donors (Lipinski definition) is 2. The van der Waals surface area contributed by atoms with Gasteiger partial charge < -0.3 is 19.7 Å². The Kier molecular flexibility index (Phi) is 7.71. The summed E-state index contributed by atoms with van der Waals surface area (Å²) < 4.78 is 13.2. The Hall–Kier alpha value is -2.08. The van der Waals surface area contributed by atoms with Gasteiger partial charge in [0, 0.05) is 39.3 Å². The molecule has 0 radical (unpaired) electrons. The first-order valence-electron chi connectivity index (χ1n) is 11.2. The lowest BCUT2D eigenvalue weighted by atomic mass is 10.2. The molecule has 10 nitrogen and oxygen atoms in total. The number of hydrogen-bond acceptors (Lipinski definition) is 8. The second-order valence-electron chi connectivity index (χ2n) is 8.46. The van der Waals surface area contributed by atoms with Crippen LogP contribution >= 0.6 is 0 Å². The van der Waals surface area contributed by atoms with Crippen molar-refractivity contribution in [3.8, 4) is 0 Å². The van der Waals surface area contributed by atoms with Crippen molar-refractivity contribution in [2.45, 2.75) is 25.3 Å². The third kappa shape index (κ3) is 5.45. The van der Waals surface area contributed by atoms with Crippen LogP contribution in [0.25, 0.3) is 10.9 Å². The number of para-hydroxylation sites is 1. The van der Waals surface area contributed by atoms with Crippen LogP contribution in [0.1, 0.15) is 0 Å². The molecule has 2 aliphatic rings. The molecule has 0 unspecified atom stereocenters. The first kappa shape index (κ1) is 23.1. The van der Waals surface area contributed by atoms with Crippen molar-refractivity contribution in [2.75, 3.05) is 65.7 Å². The van der Waals surface area contributed by atoms with Gasteiger partial charge in [-0.1, -0.05) is 12.1 Å². The molecule has 0 bridgehead atoms. The average molecular weight is 449 g/mol. The van der Waals surface area contributed by atoms with E-state index >= 15 is 0 Å². The molecule has 10 heteroatoms. The summed E-state index contributed by atoms with van der Waals surface area (Å²) in [5.41, 5.74) is -0.455. The fourth-order valence-electron chi connectivity index (χ4n) is 4.41. The van der Waals surface area contributed by atoms with Crippen molar-refractivity contribution >= 4 is 10.9 Å².